The smallest absolute Gasteiger partial charge is 0.313 e. The zero-order valence-corrected chi connectivity index (χ0v) is 19.1. The van der Waals surface area contributed by atoms with Crippen LogP contribution in [0.1, 0.15) is 75.4 Å². The number of esters is 1. The van der Waals surface area contributed by atoms with Crippen molar-refractivity contribution in [2.75, 3.05) is 6.54 Å². The quantitative estimate of drug-likeness (QED) is 0.287. The lowest BCUT2D eigenvalue weighted by atomic mass is 9.86. The summed E-state index contributed by atoms with van der Waals surface area (Å²) in [6.45, 7) is 13.4. The van der Waals surface area contributed by atoms with E-state index < -0.39 is 0 Å². The Morgan fingerprint density at radius 2 is 1.60 bits per heavy atom. The number of hydrogen-bond acceptors (Lipinski definition) is 4. The Hall–Kier alpha value is -2.46. The van der Waals surface area contributed by atoms with Gasteiger partial charge in [0.05, 0.1) is 5.92 Å². The van der Waals surface area contributed by atoms with Crippen LogP contribution < -0.4 is 4.74 Å². The molecule has 162 valence electrons. The minimum Gasteiger partial charge on any atom is -0.426 e. The van der Waals surface area contributed by atoms with Crippen molar-refractivity contribution in [3.63, 3.8) is 0 Å². The highest BCUT2D eigenvalue weighted by atomic mass is 16.5. The lowest BCUT2D eigenvalue weighted by molar-refractivity contribution is -0.137. The predicted octanol–water partition coefficient (Wildman–Crippen LogP) is 5.70. The van der Waals surface area contributed by atoms with Gasteiger partial charge in [-0.25, -0.2) is 0 Å². The third-order valence-corrected chi connectivity index (χ3v) is 5.43. The Bertz CT molecular complexity index is 819. The molecular formula is C26H35NO3. The van der Waals surface area contributed by atoms with E-state index >= 15 is 0 Å². The van der Waals surface area contributed by atoms with Crippen LogP contribution in [0.15, 0.2) is 48.5 Å². The second kappa shape index (κ2) is 11.1. The molecule has 0 aliphatic heterocycles. The third kappa shape index (κ3) is 6.27. The maximum absolute atomic E-state index is 12.3. The van der Waals surface area contributed by atoms with E-state index in [1.807, 2.05) is 38.1 Å². The monoisotopic (exact) mass is 409 g/mol. The van der Waals surface area contributed by atoms with E-state index in [0.29, 0.717) is 23.4 Å². The second-order valence-corrected chi connectivity index (χ2v) is 8.67. The molecule has 0 bridgehead atoms. The largest absolute Gasteiger partial charge is 0.426 e. The molecule has 0 N–H and O–H groups in total. The second-order valence-electron chi connectivity index (χ2n) is 8.67. The fourth-order valence-electron chi connectivity index (χ4n) is 3.81. The molecule has 0 amide bonds. The number of carbonyl (C=O) groups excluding carboxylic acids is 2. The first-order valence-corrected chi connectivity index (χ1v) is 10.9. The molecule has 0 saturated heterocycles. The summed E-state index contributed by atoms with van der Waals surface area (Å²) in [6, 6.07) is 16.4. The summed E-state index contributed by atoms with van der Waals surface area (Å²) in [5, 5.41) is 0. The van der Waals surface area contributed by atoms with Gasteiger partial charge < -0.3 is 4.74 Å². The molecule has 0 spiro atoms. The van der Waals surface area contributed by atoms with Crippen LogP contribution in [0.4, 0.5) is 0 Å². The average molecular weight is 410 g/mol. The zero-order valence-electron chi connectivity index (χ0n) is 19.1. The summed E-state index contributed by atoms with van der Waals surface area (Å²) in [7, 11) is 0. The minimum atomic E-state index is -0.270. The van der Waals surface area contributed by atoms with Crippen molar-refractivity contribution in [1.29, 1.82) is 0 Å². The molecule has 0 aliphatic carbocycles. The molecule has 0 aromatic heterocycles. The van der Waals surface area contributed by atoms with Crippen LogP contribution in [0.25, 0.3) is 0 Å². The molecule has 0 fully saturated rings. The molecule has 30 heavy (non-hydrogen) atoms. The van der Waals surface area contributed by atoms with Crippen LogP contribution in [0.2, 0.25) is 0 Å². The molecule has 4 nitrogen and oxygen atoms in total. The van der Waals surface area contributed by atoms with Gasteiger partial charge in [-0.2, -0.15) is 0 Å². The van der Waals surface area contributed by atoms with E-state index in [1.54, 1.807) is 12.1 Å². The van der Waals surface area contributed by atoms with Crippen LogP contribution in [0.5, 0.6) is 5.75 Å². The van der Waals surface area contributed by atoms with Crippen molar-refractivity contribution in [3.05, 3.63) is 65.2 Å². The third-order valence-electron chi connectivity index (χ3n) is 5.43. The van der Waals surface area contributed by atoms with Gasteiger partial charge >= 0.3 is 5.97 Å². The molecule has 0 radical (unpaired) electrons. The summed E-state index contributed by atoms with van der Waals surface area (Å²) in [5.74, 6) is 0.0545. The van der Waals surface area contributed by atoms with Crippen molar-refractivity contribution in [2.45, 2.75) is 66.0 Å². The summed E-state index contributed by atoms with van der Waals surface area (Å²) in [6.07, 6.45) is 1.70. The Morgan fingerprint density at radius 1 is 0.967 bits per heavy atom. The van der Waals surface area contributed by atoms with Crippen molar-refractivity contribution in [3.8, 4) is 5.75 Å². The number of ether oxygens (including phenoxy) is 1. The van der Waals surface area contributed by atoms with Crippen LogP contribution in [0, 0.1) is 5.92 Å². The van der Waals surface area contributed by atoms with E-state index in [0.717, 1.165) is 30.4 Å². The summed E-state index contributed by atoms with van der Waals surface area (Å²) < 4.78 is 5.74. The Kier molecular flexibility index (Phi) is 8.79. The number of nitrogens with zero attached hydrogens (tertiary/aromatic N) is 1. The zero-order chi connectivity index (χ0) is 22.3. The highest BCUT2D eigenvalue weighted by molar-refractivity contribution is 5.78. The number of carbonyl (C=O) groups is 2. The van der Waals surface area contributed by atoms with Gasteiger partial charge in [-0.3, -0.25) is 14.5 Å². The van der Waals surface area contributed by atoms with Crippen LogP contribution in [0.3, 0.4) is 0 Å². The highest BCUT2D eigenvalue weighted by Crippen LogP contribution is 2.36. The summed E-state index contributed by atoms with van der Waals surface area (Å²) in [4.78, 5) is 26.3. The summed E-state index contributed by atoms with van der Waals surface area (Å²) >= 11 is 0. The first-order chi connectivity index (χ1) is 14.2. The Balaban J connectivity index is 2.49. The van der Waals surface area contributed by atoms with Crippen LogP contribution in [-0.4, -0.2) is 35.8 Å². The number of hydrogen-bond donors (Lipinski definition) is 0. The normalized spacial score (nSPS) is 12.6. The molecule has 0 aliphatic rings. The first-order valence-electron chi connectivity index (χ1n) is 10.9. The highest BCUT2D eigenvalue weighted by Gasteiger charge is 2.23. The van der Waals surface area contributed by atoms with Crippen molar-refractivity contribution in [1.82, 2.24) is 4.90 Å². The Morgan fingerprint density at radius 3 is 2.13 bits per heavy atom. The van der Waals surface area contributed by atoms with Crippen molar-refractivity contribution < 1.29 is 14.3 Å². The lowest BCUT2D eigenvalue weighted by Crippen LogP contribution is -2.38. The molecule has 1 atom stereocenters. The SMILES string of the molecule is CC(C)C(=O)Oc1ccc(C=O)cc1C(CCN(C(C)C)C(C)C)c1ccccc1. The maximum Gasteiger partial charge on any atom is 0.313 e. The molecule has 4 heteroatoms. The molecule has 2 aromatic rings. The fourth-order valence-corrected chi connectivity index (χ4v) is 3.81. The van der Waals surface area contributed by atoms with Crippen molar-refractivity contribution >= 4 is 12.3 Å². The number of aldehydes is 1. The standard InChI is InChI=1S/C26H35NO3/c1-18(2)26(29)30-25-13-12-21(17-28)16-24(25)23(22-10-8-7-9-11-22)14-15-27(19(3)4)20(5)6/h7-13,16-20,23H,14-15H2,1-6H3. The molecule has 2 aromatic carbocycles. The average Bonchev–Trinajstić information content (AvgIpc) is 2.71. The van der Waals surface area contributed by atoms with Gasteiger partial charge in [-0.1, -0.05) is 44.2 Å². The van der Waals surface area contributed by atoms with Gasteiger partial charge in [0, 0.05) is 29.1 Å². The minimum absolute atomic E-state index is 0.0149. The van der Waals surface area contributed by atoms with Crippen LogP contribution in [-0.2, 0) is 4.79 Å². The molecular weight excluding hydrogens is 374 g/mol. The van der Waals surface area contributed by atoms with E-state index in [4.69, 9.17) is 4.74 Å². The van der Waals surface area contributed by atoms with Gasteiger partial charge in [0.2, 0.25) is 0 Å². The lowest BCUT2D eigenvalue weighted by Gasteiger charge is -2.32. The van der Waals surface area contributed by atoms with Crippen LogP contribution >= 0.6 is 0 Å². The number of benzene rings is 2. The van der Waals surface area contributed by atoms with E-state index in [2.05, 4.69) is 44.7 Å². The van der Waals surface area contributed by atoms with E-state index in [9.17, 15) is 9.59 Å². The van der Waals surface area contributed by atoms with Crippen molar-refractivity contribution in [2.24, 2.45) is 5.92 Å². The van der Waals surface area contributed by atoms with Gasteiger partial charge in [0.25, 0.3) is 0 Å². The molecule has 2 rings (SSSR count). The number of rotatable bonds is 10. The van der Waals surface area contributed by atoms with E-state index in [-0.39, 0.29) is 17.8 Å². The predicted molar refractivity (Wildman–Crippen MR) is 122 cm³/mol. The van der Waals surface area contributed by atoms with Gasteiger partial charge in [0.1, 0.15) is 12.0 Å². The fraction of sp³-hybridized carbons (Fsp3) is 0.462. The van der Waals surface area contributed by atoms with E-state index in [1.165, 1.54) is 0 Å². The summed E-state index contributed by atoms with van der Waals surface area (Å²) in [5.41, 5.74) is 2.61. The Labute approximate surface area is 181 Å². The molecule has 0 heterocycles. The van der Waals surface area contributed by atoms with Gasteiger partial charge in [0.15, 0.2) is 0 Å². The van der Waals surface area contributed by atoms with Gasteiger partial charge in [-0.15, -0.1) is 0 Å². The topological polar surface area (TPSA) is 46.6 Å². The first kappa shape index (κ1) is 23.8. The molecule has 0 saturated carbocycles. The maximum atomic E-state index is 12.3. The molecule has 1 unspecified atom stereocenters. The van der Waals surface area contributed by atoms with Gasteiger partial charge in [-0.05, 0) is 64.4 Å².